The van der Waals surface area contributed by atoms with Crippen molar-refractivity contribution < 1.29 is 27.5 Å². The fraction of sp³-hybridized carbons (Fsp3) is 0.263. The fourth-order valence-electron chi connectivity index (χ4n) is 2.22. The molecular formula is C19H21ClF3N3O3. The Bertz CT molecular complexity index is 814. The smallest absolute Gasteiger partial charge is 0.416 e. The minimum atomic E-state index is -4.49. The van der Waals surface area contributed by atoms with E-state index in [-0.39, 0.29) is 30.6 Å². The van der Waals surface area contributed by atoms with E-state index in [0.29, 0.717) is 24.4 Å². The summed E-state index contributed by atoms with van der Waals surface area (Å²) in [4.78, 5) is 23.8. The van der Waals surface area contributed by atoms with E-state index in [2.05, 4.69) is 16.0 Å². The number of ether oxygens (including phenoxy) is 1. The lowest BCUT2D eigenvalue weighted by Crippen LogP contribution is -2.30. The first-order valence-electron chi connectivity index (χ1n) is 8.42. The predicted octanol–water partition coefficient (Wildman–Crippen LogP) is 3.09. The van der Waals surface area contributed by atoms with Crippen LogP contribution in [0.4, 0.5) is 18.9 Å². The first-order chi connectivity index (χ1) is 13.3. The molecule has 6 nitrogen and oxygen atoms in total. The largest absolute Gasteiger partial charge is 0.484 e. The summed E-state index contributed by atoms with van der Waals surface area (Å²) in [7, 11) is 1.78. The summed E-state index contributed by atoms with van der Waals surface area (Å²) in [5, 5.41) is 7.98. The number of rotatable bonds is 8. The summed E-state index contributed by atoms with van der Waals surface area (Å²) in [5.41, 5.74) is -0.385. The lowest BCUT2D eigenvalue weighted by Gasteiger charge is -2.11. The Morgan fingerprint density at radius 2 is 1.72 bits per heavy atom. The number of nitrogens with one attached hydrogen (secondary N) is 3. The highest BCUT2D eigenvalue weighted by atomic mass is 35.5. The number of carbonyl (C=O) groups is 2. The van der Waals surface area contributed by atoms with Gasteiger partial charge in [0.05, 0.1) is 5.56 Å². The van der Waals surface area contributed by atoms with Gasteiger partial charge in [0.1, 0.15) is 5.75 Å². The second-order valence-electron chi connectivity index (χ2n) is 5.80. The average Bonchev–Trinajstić information content (AvgIpc) is 2.66. The van der Waals surface area contributed by atoms with Gasteiger partial charge in [-0.05, 0) is 49.5 Å². The van der Waals surface area contributed by atoms with Crippen LogP contribution in [0.2, 0.25) is 0 Å². The van der Waals surface area contributed by atoms with E-state index in [9.17, 15) is 22.8 Å². The van der Waals surface area contributed by atoms with Crippen molar-refractivity contribution >= 4 is 29.9 Å². The van der Waals surface area contributed by atoms with Crippen LogP contribution in [0.15, 0.2) is 48.5 Å². The van der Waals surface area contributed by atoms with Crippen molar-refractivity contribution in [2.75, 3.05) is 32.1 Å². The number of benzene rings is 2. The van der Waals surface area contributed by atoms with Gasteiger partial charge < -0.3 is 20.7 Å². The quantitative estimate of drug-likeness (QED) is 0.561. The van der Waals surface area contributed by atoms with Crippen molar-refractivity contribution in [2.24, 2.45) is 0 Å². The van der Waals surface area contributed by atoms with E-state index >= 15 is 0 Å². The van der Waals surface area contributed by atoms with Crippen molar-refractivity contribution in [1.29, 1.82) is 0 Å². The van der Waals surface area contributed by atoms with Gasteiger partial charge in [-0.1, -0.05) is 6.07 Å². The number of anilines is 1. The first-order valence-corrected chi connectivity index (χ1v) is 8.42. The Morgan fingerprint density at radius 1 is 1.03 bits per heavy atom. The Labute approximate surface area is 172 Å². The number of carbonyl (C=O) groups excluding carboxylic acids is 2. The normalized spacial score (nSPS) is 10.6. The number of amides is 2. The van der Waals surface area contributed by atoms with Gasteiger partial charge in [-0.15, -0.1) is 12.4 Å². The van der Waals surface area contributed by atoms with Gasteiger partial charge in [0, 0.05) is 24.3 Å². The third-order valence-electron chi connectivity index (χ3n) is 3.62. The molecule has 10 heteroatoms. The second-order valence-corrected chi connectivity index (χ2v) is 5.80. The first kappa shape index (κ1) is 24.3. The van der Waals surface area contributed by atoms with Crippen LogP contribution in [0.5, 0.6) is 5.75 Å². The molecule has 0 unspecified atom stereocenters. The molecule has 0 bridgehead atoms. The van der Waals surface area contributed by atoms with Gasteiger partial charge in [0.15, 0.2) is 6.61 Å². The zero-order valence-corrected chi connectivity index (χ0v) is 16.3. The van der Waals surface area contributed by atoms with E-state index in [1.165, 1.54) is 24.3 Å². The van der Waals surface area contributed by atoms with Gasteiger partial charge in [-0.25, -0.2) is 0 Å². The maximum absolute atomic E-state index is 12.7. The molecule has 0 aliphatic rings. The maximum Gasteiger partial charge on any atom is 0.416 e. The molecule has 0 aromatic heterocycles. The number of likely N-dealkylation sites (N-methyl/N-ethyl adjacent to an activating group) is 1. The summed E-state index contributed by atoms with van der Waals surface area (Å²) in [6.07, 6.45) is -4.49. The van der Waals surface area contributed by atoms with Crippen LogP contribution in [0.3, 0.4) is 0 Å². The molecule has 0 aliphatic carbocycles. The molecule has 0 radical (unpaired) electrons. The van der Waals surface area contributed by atoms with Crippen molar-refractivity contribution in [3.05, 3.63) is 59.7 Å². The van der Waals surface area contributed by atoms with E-state index in [0.717, 1.165) is 12.1 Å². The SMILES string of the molecule is CNCCNC(=O)c1ccc(OCC(=O)Nc2cccc(C(F)(F)F)c2)cc1.Cl. The molecule has 0 saturated heterocycles. The molecule has 158 valence electrons. The molecule has 0 spiro atoms. The van der Waals surface area contributed by atoms with Crippen LogP contribution in [0.1, 0.15) is 15.9 Å². The Kier molecular flexibility index (Phi) is 9.43. The maximum atomic E-state index is 12.7. The van der Waals surface area contributed by atoms with Crippen LogP contribution in [0.25, 0.3) is 0 Å². The number of hydrogen-bond acceptors (Lipinski definition) is 4. The zero-order valence-electron chi connectivity index (χ0n) is 15.5. The number of halogens is 4. The Morgan fingerprint density at radius 3 is 2.34 bits per heavy atom. The van der Waals surface area contributed by atoms with Crippen LogP contribution >= 0.6 is 12.4 Å². The van der Waals surface area contributed by atoms with Crippen molar-refractivity contribution in [1.82, 2.24) is 10.6 Å². The van der Waals surface area contributed by atoms with Gasteiger partial charge in [0.2, 0.25) is 0 Å². The van der Waals surface area contributed by atoms with Crippen LogP contribution in [0, 0.1) is 0 Å². The minimum Gasteiger partial charge on any atom is -0.484 e. The molecule has 0 aliphatic heterocycles. The fourth-order valence-corrected chi connectivity index (χ4v) is 2.22. The summed E-state index contributed by atoms with van der Waals surface area (Å²) in [6, 6.07) is 10.5. The van der Waals surface area contributed by atoms with E-state index in [1.807, 2.05) is 0 Å². The number of hydrogen-bond donors (Lipinski definition) is 3. The van der Waals surface area contributed by atoms with Gasteiger partial charge in [-0.3, -0.25) is 9.59 Å². The molecule has 0 saturated carbocycles. The third kappa shape index (κ3) is 8.00. The van der Waals surface area contributed by atoms with Crippen molar-refractivity contribution in [3.8, 4) is 5.75 Å². The van der Waals surface area contributed by atoms with Crippen molar-refractivity contribution in [2.45, 2.75) is 6.18 Å². The predicted molar refractivity (Wildman–Crippen MR) is 106 cm³/mol. The topological polar surface area (TPSA) is 79.5 Å². The molecule has 2 rings (SSSR count). The highest BCUT2D eigenvalue weighted by Gasteiger charge is 2.30. The molecule has 3 N–H and O–H groups in total. The van der Waals surface area contributed by atoms with E-state index in [4.69, 9.17) is 4.74 Å². The summed E-state index contributed by atoms with van der Waals surface area (Å²) >= 11 is 0. The van der Waals surface area contributed by atoms with Gasteiger partial charge in [-0.2, -0.15) is 13.2 Å². The van der Waals surface area contributed by atoms with Crippen LogP contribution in [-0.2, 0) is 11.0 Å². The van der Waals surface area contributed by atoms with Crippen LogP contribution in [-0.4, -0.2) is 38.6 Å². The zero-order chi connectivity index (χ0) is 20.6. The lowest BCUT2D eigenvalue weighted by molar-refractivity contribution is -0.137. The molecule has 2 amide bonds. The van der Waals surface area contributed by atoms with Gasteiger partial charge >= 0.3 is 6.18 Å². The monoisotopic (exact) mass is 431 g/mol. The molecule has 29 heavy (non-hydrogen) atoms. The van der Waals surface area contributed by atoms with E-state index in [1.54, 1.807) is 19.2 Å². The molecule has 0 heterocycles. The highest BCUT2D eigenvalue weighted by molar-refractivity contribution is 5.94. The third-order valence-corrected chi connectivity index (χ3v) is 3.62. The van der Waals surface area contributed by atoms with Gasteiger partial charge in [0.25, 0.3) is 11.8 Å². The summed E-state index contributed by atoms with van der Waals surface area (Å²) in [5.74, 6) is -0.483. The molecule has 2 aromatic carbocycles. The summed E-state index contributed by atoms with van der Waals surface area (Å²) in [6.45, 7) is 0.751. The Hall–Kier alpha value is -2.78. The van der Waals surface area contributed by atoms with Crippen molar-refractivity contribution in [3.63, 3.8) is 0 Å². The van der Waals surface area contributed by atoms with E-state index < -0.39 is 17.6 Å². The second kappa shape index (κ2) is 11.3. The number of alkyl halides is 3. The minimum absolute atomic E-state index is 0. The molecule has 2 aromatic rings. The standard InChI is InChI=1S/C19H20F3N3O3.ClH/c1-23-9-10-24-18(27)13-5-7-16(8-6-13)28-12-17(26)25-15-4-2-3-14(11-15)19(20,21)22;/h2-8,11,23H,9-10,12H2,1H3,(H,24,27)(H,25,26);1H. The molecule has 0 atom stereocenters. The highest BCUT2D eigenvalue weighted by Crippen LogP contribution is 2.30. The lowest BCUT2D eigenvalue weighted by atomic mass is 10.2. The average molecular weight is 432 g/mol. The molecule has 0 fully saturated rings. The summed E-state index contributed by atoms with van der Waals surface area (Å²) < 4.78 is 43.3. The Balaban J connectivity index is 0.00000420. The van der Waals surface area contributed by atoms with Crippen LogP contribution < -0.4 is 20.7 Å². The molecular weight excluding hydrogens is 411 g/mol.